The Balaban J connectivity index is 1.51. The maximum Gasteiger partial charge on any atom is 0.269 e. The molecule has 1 amide bonds. The fourth-order valence-corrected chi connectivity index (χ4v) is 2.21. The third-order valence-electron chi connectivity index (χ3n) is 3.48. The number of nitro groups is 1. The van der Waals surface area contributed by atoms with Crippen LogP contribution < -0.4 is 5.43 Å². The van der Waals surface area contributed by atoms with E-state index in [9.17, 15) is 14.9 Å². The van der Waals surface area contributed by atoms with Crippen LogP contribution in [0.2, 0.25) is 0 Å². The van der Waals surface area contributed by atoms with Gasteiger partial charge in [-0.1, -0.05) is 17.3 Å². The highest BCUT2D eigenvalue weighted by Gasteiger charge is 2.06. The van der Waals surface area contributed by atoms with Crippen molar-refractivity contribution in [3.8, 4) is 0 Å². The van der Waals surface area contributed by atoms with E-state index in [1.807, 2.05) is 24.3 Å². The molecule has 0 radical (unpaired) electrons. The van der Waals surface area contributed by atoms with E-state index < -0.39 is 4.92 Å². The maximum atomic E-state index is 11.8. The van der Waals surface area contributed by atoms with Gasteiger partial charge in [0.15, 0.2) is 0 Å². The zero-order valence-corrected chi connectivity index (χ0v) is 13.1. The van der Waals surface area contributed by atoms with Gasteiger partial charge in [-0.2, -0.15) is 5.10 Å². The molecule has 0 aliphatic rings. The van der Waals surface area contributed by atoms with Crippen molar-refractivity contribution in [1.82, 2.24) is 20.4 Å². The summed E-state index contributed by atoms with van der Waals surface area (Å²) < 4.78 is 1.66. The molecule has 1 heterocycles. The lowest BCUT2D eigenvalue weighted by Gasteiger charge is -2.01. The number of carbonyl (C=O) groups excluding carboxylic acids is 1. The number of para-hydroxylation sites is 1. The molecule has 9 heteroatoms. The number of fused-ring (bicyclic) bond motifs is 1. The molecule has 0 aliphatic carbocycles. The first kappa shape index (κ1) is 16.2. The van der Waals surface area contributed by atoms with Crippen LogP contribution in [-0.4, -0.2) is 32.0 Å². The number of aryl methyl sites for hydroxylation is 1. The summed E-state index contributed by atoms with van der Waals surface area (Å²) in [6.45, 7) is 0.388. The van der Waals surface area contributed by atoms with Crippen molar-refractivity contribution < 1.29 is 9.72 Å². The van der Waals surface area contributed by atoms with Crippen molar-refractivity contribution in [2.45, 2.75) is 13.0 Å². The molecule has 9 nitrogen and oxygen atoms in total. The van der Waals surface area contributed by atoms with Gasteiger partial charge in [0.25, 0.3) is 5.69 Å². The number of hydrogen-bond acceptors (Lipinski definition) is 6. The smallest absolute Gasteiger partial charge is 0.269 e. The maximum absolute atomic E-state index is 11.8. The second kappa shape index (κ2) is 7.30. The first-order chi connectivity index (χ1) is 12.1. The second-order valence-electron chi connectivity index (χ2n) is 5.19. The van der Waals surface area contributed by atoms with Crippen molar-refractivity contribution in [2.75, 3.05) is 0 Å². The van der Waals surface area contributed by atoms with E-state index in [0.29, 0.717) is 12.1 Å². The highest BCUT2D eigenvalue weighted by atomic mass is 16.6. The molecule has 126 valence electrons. The molecular weight excluding hydrogens is 324 g/mol. The van der Waals surface area contributed by atoms with E-state index in [4.69, 9.17) is 0 Å². The van der Waals surface area contributed by atoms with Crippen LogP contribution in [0, 0.1) is 10.1 Å². The molecule has 0 unspecified atom stereocenters. The van der Waals surface area contributed by atoms with Crippen LogP contribution in [0.15, 0.2) is 53.6 Å². The van der Waals surface area contributed by atoms with Gasteiger partial charge < -0.3 is 0 Å². The minimum absolute atomic E-state index is 0.00115. The summed E-state index contributed by atoms with van der Waals surface area (Å²) >= 11 is 0. The second-order valence-corrected chi connectivity index (χ2v) is 5.19. The first-order valence-corrected chi connectivity index (χ1v) is 7.48. The van der Waals surface area contributed by atoms with E-state index in [1.165, 1.54) is 18.3 Å². The third kappa shape index (κ3) is 4.02. The molecule has 2 aromatic carbocycles. The van der Waals surface area contributed by atoms with E-state index in [1.54, 1.807) is 16.8 Å². The lowest BCUT2D eigenvalue weighted by Crippen LogP contribution is -2.19. The summed E-state index contributed by atoms with van der Waals surface area (Å²) in [5.74, 6) is -0.266. The zero-order chi connectivity index (χ0) is 17.6. The summed E-state index contributed by atoms with van der Waals surface area (Å²) in [7, 11) is 0. The molecule has 0 fully saturated rings. The van der Waals surface area contributed by atoms with Crippen molar-refractivity contribution in [3.63, 3.8) is 0 Å². The Morgan fingerprint density at radius 2 is 2.00 bits per heavy atom. The normalized spacial score (nSPS) is 11.0. The Labute approximate surface area is 142 Å². The highest BCUT2D eigenvalue weighted by molar-refractivity contribution is 5.82. The summed E-state index contributed by atoms with van der Waals surface area (Å²) in [5, 5.41) is 22.4. The van der Waals surface area contributed by atoms with Gasteiger partial charge in [-0.15, -0.1) is 5.10 Å². The summed E-state index contributed by atoms with van der Waals surface area (Å²) in [4.78, 5) is 21.9. The van der Waals surface area contributed by atoms with Crippen LogP contribution in [0.1, 0.15) is 12.0 Å². The standard InChI is InChI=1S/C16H14N6O3/c23-16(9-10-21-15-4-2-1-3-14(15)18-20-21)19-17-11-12-5-7-13(8-6-12)22(24)25/h1-8,11H,9-10H2,(H,19,23). The lowest BCUT2D eigenvalue weighted by atomic mass is 10.2. The Morgan fingerprint density at radius 1 is 1.24 bits per heavy atom. The largest absolute Gasteiger partial charge is 0.273 e. The van der Waals surface area contributed by atoms with E-state index in [2.05, 4.69) is 20.8 Å². The molecule has 0 spiro atoms. The minimum Gasteiger partial charge on any atom is -0.273 e. The van der Waals surface area contributed by atoms with Gasteiger partial charge in [0.05, 0.1) is 23.2 Å². The van der Waals surface area contributed by atoms with Gasteiger partial charge in [0, 0.05) is 18.6 Å². The molecule has 3 aromatic rings. The van der Waals surface area contributed by atoms with Gasteiger partial charge >= 0.3 is 0 Å². The summed E-state index contributed by atoms with van der Waals surface area (Å²) in [6.07, 6.45) is 1.62. The lowest BCUT2D eigenvalue weighted by molar-refractivity contribution is -0.384. The van der Waals surface area contributed by atoms with E-state index in [0.717, 1.165) is 11.0 Å². The van der Waals surface area contributed by atoms with Gasteiger partial charge in [-0.25, -0.2) is 10.1 Å². The number of amides is 1. The number of rotatable bonds is 6. The predicted octanol–water partition coefficient (Wildman–Crippen LogP) is 1.88. The topological polar surface area (TPSA) is 115 Å². The number of hydrazone groups is 1. The van der Waals surface area contributed by atoms with Crippen LogP contribution in [0.5, 0.6) is 0 Å². The number of carbonyl (C=O) groups is 1. The van der Waals surface area contributed by atoms with Crippen molar-refractivity contribution >= 4 is 28.8 Å². The molecule has 0 saturated carbocycles. The van der Waals surface area contributed by atoms with Crippen LogP contribution in [0.25, 0.3) is 11.0 Å². The number of non-ortho nitro benzene ring substituents is 1. The van der Waals surface area contributed by atoms with Crippen molar-refractivity contribution in [1.29, 1.82) is 0 Å². The van der Waals surface area contributed by atoms with Crippen molar-refractivity contribution in [2.24, 2.45) is 5.10 Å². The molecule has 1 N–H and O–H groups in total. The van der Waals surface area contributed by atoms with E-state index >= 15 is 0 Å². The Hall–Kier alpha value is -3.62. The Bertz CT molecular complexity index is 932. The number of nitrogens with zero attached hydrogens (tertiary/aromatic N) is 5. The van der Waals surface area contributed by atoms with Crippen LogP contribution in [-0.2, 0) is 11.3 Å². The van der Waals surface area contributed by atoms with Crippen LogP contribution in [0.3, 0.4) is 0 Å². The zero-order valence-electron chi connectivity index (χ0n) is 13.1. The fraction of sp³-hybridized carbons (Fsp3) is 0.125. The van der Waals surface area contributed by atoms with Crippen LogP contribution >= 0.6 is 0 Å². The Morgan fingerprint density at radius 3 is 2.76 bits per heavy atom. The highest BCUT2D eigenvalue weighted by Crippen LogP contribution is 2.11. The number of benzene rings is 2. The molecule has 0 bridgehead atoms. The predicted molar refractivity (Wildman–Crippen MR) is 91.0 cm³/mol. The summed E-state index contributed by atoms with van der Waals surface area (Å²) in [5.41, 5.74) is 4.70. The quantitative estimate of drug-likeness (QED) is 0.418. The van der Waals surface area contributed by atoms with Gasteiger partial charge in [-0.05, 0) is 29.8 Å². The Kier molecular flexibility index (Phi) is 4.74. The molecular formula is C16H14N6O3. The molecule has 3 rings (SSSR count). The van der Waals surface area contributed by atoms with Gasteiger partial charge in [-0.3, -0.25) is 14.9 Å². The van der Waals surface area contributed by atoms with Gasteiger partial charge in [0.2, 0.25) is 5.91 Å². The number of nitrogens with one attached hydrogen (secondary N) is 1. The molecule has 25 heavy (non-hydrogen) atoms. The number of aromatic nitrogens is 3. The average molecular weight is 338 g/mol. The first-order valence-electron chi connectivity index (χ1n) is 7.48. The SMILES string of the molecule is O=C(CCn1nnc2ccccc21)NN=Cc1ccc([N+](=O)[O-])cc1. The summed E-state index contributed by atoms with van der Waals surface area (Å²) in [6, 6.07) is 13.4. The van der Waals surface area contributed by atoms with Crippen molar-refractivity contribution in [3.05, 3.63) is 64.2 Å². The van der Waals surface area contributed by atoms with E-state index in [-0.39, 0.29) is 18.0 Å². The molecule has 0 aliphatic heterocycles. The van der Waals surface area contributed by atoms with Crippen LogP contribution in [0.4, 0.5) is 5.69 Å². The minimum atomic E-state index is -0.476. The number of hydrogen-bond donors (Lipinski definition) is 1. The molecule has 0 atom stereocenters. The van der Waals surface area contributed by atoms with Gasteiger partial charge in [0.1, 0.15) is 5.52 Å². The molecule has 1 aromatic heterocycles. The third-order valence-corrected chi connectivity index (χ3v) is 3.48. The number of nitro benzene ring substituents is 1. The molecule has 0 saturated heterocycles. The monoisotopic (exact) mass is 338 g/mol. The average Bonchev–Trinajstić information content (AvgIpc) is 3.03. The fourth-order valence-electron chi connectivity index (χ4n) is 2.21.